The van der Waals surface area contributed by atoms with Crippen molar-refractivity contribution in [3.63, 3.8) is 0 Å². The van der Waals surface area contributed by atoms with Crippen molar-refractivity contribution in [3.8, 4) is 0 Å². The molecule has 20 heavy (non-hydrogen) atoms. The highest BCUT2D eigenvalue weighted by Crippen LogP contribution is 2.23. The van der Waals surface area contributed by atoms with Gasteiger partial charge in [-0.1, -0.05) is 24.9 Å². The number of rotatable bonds is 4. The molecule has 0 aromatic heterocycles. The Hall–Kier alpha value is -1.18. The van der Waals surface area contributed by atoms with Crippen molar-refractivity contribution in [2.75, 3.05) is 0 Å². The summed E-state index contributed by atoms with van der Waals surface area (Å²) in [6.07, 6.45) is 6.70. The molecule has 2 rings (SSSR count). The number of hydrogen-bond acceptors (Lipinski definition) is 6. The maximum Gasteiger partial charge on any atom is 0.346 e. The lowest BCUT2D eigenvalue weighted by molar-refractivity contribution is -0.168. The van der Waals surface area contributed by atoms with Crippen molar-refractivity contribution >= 4 is 11.9 Å². The van der Waals surface area contributed by atoms with Crippen molar-refractivity contribution in [1.29, 1.82) is 0 Å². The van der Waals surface area contributed by atoms with Gasteiger partial charge in [-0.15, -0.1) is 0 Å². The highest BCUT2D eigenvalue weighted by molar-refractivity contribution is 5.78. The molecule has 2 aliphatic rings. The molecule has 114 valence electrons. The van der Waals surface area contributed by atoms with Gasteiger partial charge >= 0.3 is 5.97 Å². The molecular formula is C13H23N3O4. The third kappa shape index (κ3) is 4.43. The Morgan fingerprint density at radius 2 is 1.90 bits per heavy atom. The summed E-state index contributed by atoms with van der Waals surface area (Å²) in [5.41, 5.74) is 7.32. The molecule has 1 saturated heterocycles. The predicted octanol–water partition coefficient (Wildman–Crippen LogP) is 0.718. The van der Waals surface area contributed by atoms with E-state index in [2.05, 4.69) is 16.5 Å². The van der Waals surface area contributed by atoms with E-state index in [0.29, 0.717) is 6.42 Å². The molecule has 1 saturated carbocycles. The molecule has 2 unspecified atom stereocenters. The number of carbonyl (C=O) groups excluding carboxylic acids is 2. The maximum atomic E-state index is 11.8. The Balaban J connectivity index is 1.62. The van der Waals surface area contributed by atoms with Gasteiger partial charge in [0.15, 0.2) is 0 Å². The Bertz CT molecular complexity index is 337. The summed E-state index contributed by atoms with van der Waals surface area (Å²) in [6, 6.07) is -0.495. The molecule has 3 N–H and O–H groups in total. The van der Waals surface area contributed by atoms with Gasteiger partial charge in [0.2, 0.25) is 5.91 Å². The highest BCUT2D eigenvalue weighted by Gasteiger charge is 2.27. The van der Waals surface area contributed by atoms with Crippen molar-refractivity contribution < 1.29 is 19.3 Å². The number of hydroxylamine groups is 1. The van der Waals surface area contributed by atoms with Crippen molar-refractivity contribution in [3.05, 3.63) is 0 Å². The van der Waals surface area contributed by atoms with Gasteiger partial charge in [-0.2, -0.15) is 5.48 Å². The summed E-state index contributed by atoms with van der Waals surface area (Å²) in [5, 5.41) is 0. The molecule has 1 aliphatic carbocycles. The molecule has 0 spiro atoms. The first-order valence-electron chi connectivity index (χ1n) is 7.33. The molecule has 2 atom stereocenters. The lowest BCUT2D eigenvalue weighted by atomic mass is 9.89. The molecule has 1 amide bonds. The Labute approximate surface area is 118 Å². The first-order chi connectivity index (χ1) is 9.66. The molecule has 2 fully saturated rings. The highest BCUT2D eigenvalue weighted by atomic mass is 16.7. The SMILES string of the molecule is CC1CCC(C(=O)ONNC(=O)C2CCCCC2)NO1. The van der Waals surface area contributed by atoms with E-state index in [1.54, 1.807) is 0 Å². The van der Waals surface area contributed by atoms with Crippen LogP contribution < -0.4 is 16.5 Å². The van der Waals surface area contributed by atoms with Crippen LogP contribution in [0.3, 0.4) is 0 Å². The number of carbonyl (C=O) groups is 2. The monoisotopic (exact) mass is 285 g/mol. The second kappa shape index (κ2) is 7.56. The van der Waals surface area contributed by atoms with Crippen LogP contribution in [-0.4, -0.2) is 24.0 Å². The molecule has 0 bridgehead atoms. The van der Waals surface area contributed by atoms with E-state index in [1.807, 2.05) is 6.92 Å². The average Bonchev–Trinajstić information content (AvgIpc) is 2.48. The van der Waals surface area contributed by atoms with Gasteiger partial charge < -0.3 is 4.84 Å². The van der Waals surface area contributed by atoms with E-state index in [9.17, 15) is 9.59 Å². The first kappa shape index (κ1) is 15.2. The molecule has 1 aliphatic heterocycles. The van der Waals surface area contributed by atoms with E-state index >= 15 is 0 Å². The molecule has 7 nitrogen and oxygen atoms in total. The summed E-state index contributed by atoms with van der Waals surface area (Å²) in [5.74, 6) is -0.577. The number of hydrogen-bond donors (Lipinski definition) is 3. The van der Waals surface area contributed by atoms with Crippen LogP contribution in [-0.2, 0) is 19.3 Å². The van der Waals surface area contributed by atoms with E-state index in [1.165, 1.54) is 6.42 Å². The average molecular weight is 285 g/mol. The van der Waals surface area contributed by atoms with E-state index in [4.69, 9.17) is 9.68 Å². The quantitative estimate of drug-likeness (QED) is 0.660. The molecule has 0 radical (unpaired) electrons. The van der Waals surface area contributed by atoms with E-state index in [-0.39, 0.29) is 17.9 Å². The minimum atomic E-state index is -0.495. The van der Waals surface area contributed by atoms with Crippen molar-refractivity contribution in [2.24, 2.45) is 5.92 Å². The summed E-state index contributed by atoms with van der Waals surface area (Å²) >= 11 is 0. The minimum Gasteiger partial charge on any atom is -0.349 e. The number of amides is 1. The zero-order chi connectivity index (χ0) is 14.4. The molecule has 0 aromatic rings. The van der Waals surface area contributed by atoms with Gasteiger partial charge in [-0.3, -0.25) is 15.1 Å². The Morgan fingerprint density at radius 3 is 2.55 bits per heavy atom. The zero-order valence-corrected chi connectivity index (χ0v) is 11.8. The van der Waals surface area contributed by atoms with Crippen LogP contribution in [0.25, 0.3) is 0 Å². The molecular weight excluding hydrogens is 262 g/mol. The van der Waals surface area contributed by atoms with Crippen LogP contribution in [0.1, 0.15) is 51.9 Å². The molecule has 1 heterocycles. The van der Waals surface area contributed by atoms with Crippen LogP contribution in [0.5, 0.6) is 0 Å². The third-order valence-electron chi connectivity index (χ3n) is 3.86. The van der Waals surface area contributed by atoms with E-state index in [0.717, 1.165) is 32.1 Å². The predicted molar refractivity (Wildman–Crippen MR) is 70.7 cm³/mol. The minimum absolute atomic E-state index is 0.0203. The van der Waals surface area contributed by atoms with Crippen LogP contribution in [0.4, 0.5) is 0 Å². The lowest BCUT2D eigenvalue weighted by Gasteiger charge is -2.26. The molecule has 7 heteroatoms. The standard InChI is InChI=1S/C13H23N3O4/c1-9-7-8-11(15-19-9)13(18)20-16-14-12(17)10-5-3-2-4-6-10/h9-11,15-16H,2-8H2,1H3,(H,14,17). The topological polar surface area (TPSA) is 88.7 Å². The third-order valence-corrected chi connectivity index (χ3v) is 3.86. The fourth-order valence-corrected chi connectivity index (χ4v) is 2.55. The van der Waals surface area contributed by atoms with Gasteiger partial charge in [-0.05, 0) is 32.6 Å². The zero-order valence-electron chi connectivity index (χ0n) is 11.8. The fourth-order valence-electron chi connectivity index (χ4n) is 2.55. The normalized spacial score (nSPS) is 27.9. The van der Waals surface area contributed by atoms with Crippen LogP contribution >= 0.6 is 0 Å². The van der Waals surface area contributed by atoms with Crippen LogP contribution in [0.15, 0.2) is 0 Å². The summed E-state index contributed by atoms with van der Waals surface area (Å²) in [7, 11) is 0. The lowest BCUT2D eigenvalue weighted by Crippen LogP contribution is -2.49. The van der Waals surface area contributed by atoms with Gasteiger partial charge in [0.1, 0.15) is 6.04 Å². The molecule has 0 aromatic carbocycles. The van der Waals surface area contributed by atoms with Crippen LogP contribution in [0.2, 0.25) is 0 Å². The Morgan fingerprint density at radius 1 is 1.15 bits per heavy atom. The second-order valence-corrected chi connectivity index (χ2v) is 5.52. The number of nitrogens with one attached hydrogen (secondary N) is 3. The summed E-state index contributed by atoms with van der Waals surface area (Å²) < 4.78 is 0. The Kier molecular flexibility index (Phi) is 5.75. The smallest absolute Gasteiger partial charge is 0.346 e. The van der Waals surface area contributed by atoms with Gasteiger partial charge in [0, 0.05) is 5.92 Å². The summed E-state index contributed by atoms with van der Waals surface area (Å²) in [4.78, 5) is 33.5. The maximum absolute atomic E-state index is 11.8. The second-order valence-electron chi connectivity index (χ2n) is 5.52. The van der Waals surface area contributed by atoms with Crippen molar-refractivity contribution in [1.82, 2.24) is 16.5 Å². The fraction of sp³-hybridized carbons (Fsp3) is 0.846. The largest absolute Gasteiger partial charge is 0.349 e. The van der Waals surface area contributed by atoms with Gasteiger partial charge in [0.25, 0.3) is 0 Å². The van der Waals surface area contributed by atoms with Gasteiger partial charge in [-0.25, -0.2) is 4.79 Å². The van der Waals surface area contributed by atoms with Crippen molar-refractivity contribution in [2.45, 2.75) is 64.0 Å². The summed E-state index contributed by atoms with van der Waals surface area (Å²) in [6.45, 7) is 1.93. The van der Waals surface area contributed by atoms with E-state index < -0.39 is 12.0 Å². The first-order valence-corrected chi connectivity index (χ1v) is 7.33. The van der Waals surface area contributed by atoms with Gasteiger partial charge in [0.05, 0.1) is 6.10 Å². The number of hydrazine groups is 1. The van der Waals surface area contributed by atoms with Crippen LogP contribution in [0, 0.1) is 5.92 Å².